The summed E-state index contributed by atoms with van der Waals surface area (Å²) in [6.07, 6.45) is 4.24. The van der Waals surface area contributed by atoms with Gasteiger partial charge in [-0.25, -0.2) is 13.4 Å². The van der Waals surface area contributed by atoms with Crippen LogP contribution in [0.1, 0.15) is 24.8 Å². The lowest BCUT2D eigenvalue weighted by molar-refractivity contribution is -0.113. The zero-order valence-corrected chi connectivity index (χ0v) is 18.7. The van der Waals surface area contributed by atoms with Gasteiger partial charge in [0.25, 0.3) is 0 Å². The zero-order valence-electron chi connectivity index (χ0n) is 15.5. The van der Waals surface area contributed by atoms with E-state index >= 15 is 0 Å². The molecule has 1 amide bonds. The number of nitrogens with one attached hydrogen (secondary N) is 1. The summed E-state index contributed by atoms with van der Waals surface area (Å²) in [5.41, 5.74) is 1.74. The Labute approximate surface area is 178 Å². The maximum Gasteiger partial charge on any atom is 0.244 e. The molecule has 0 aliphatic carbocycles. The maximum absolute atomic E-state index is 12.6. The van der Waals surface area contributed by atoms with Gasteiger partial charge in [-0.15, -0.1) is 0 Å². The Kier molecular flexibility index (Phi) is 7.14. The highest BCUT2D eigenvalue weighted by Gasteiger charge is 2.26. The molecule has 0 atom stereocenters. The Balaban J connectivity index is 1.57. The summed E-state index contributed by atoms with van der Waals surface area (Å²) in [6.45, 7) is 3.06. The van der Waals surface area contributed by atoms with E-state index < -0.39 is 10.0 Å². The number of halogens is 1. The Bertz CT molecular complexity index is 943. The zero-order chi connectivity index (χ0) is 20.1. The van der Waals surface area contributed by atoms with Crippen molar-refractivity contribution in [3.8, 4) is 0 Å². The fourth-order valence-corrected chi connectivity index (χ4v) is 5.53. The second kappa shape index (κ2) is 9.39. The third-order valence-electron chi connectivity index (χ3n) is 4.48. The number of anilines is 1. The van der Waals surface area contributed by atoms with Gasteiger partial charge < -0.3 is 5.32 Å². The molecule has 1 saturated heterocycles. The second-order valence-corrected chi connectivity index (χ2v) is 10.4. The van der Waals surface area contributed by atoms with Gasteiger partial charge in [0.1, 0.15) is 4.90 Å². The number of thioether (sulfide) groups is 1. The van der Waals surface area contributed by atoms with Gasteiger partial charge in [0.2, 0.25) is 15.9 Å². The van der Waals surface area contributed by atoms with Crippen molar-refractivity contribution in [3.63, 3.8) is 0 Å². The molecule has 0 radical (unpaired) electrons. The largest absolute Gasteiger partial charge is 0.325 e. The Hall–Kier alpha value is -1.42. The number of pyridine rings is 1. The number of hydrogen-bond donors (Lipinski definition) is 1. The lowest BCUT2D eigenvalue weighted by atomic mass is 10.2. The van der Waals surface area contributed by atoms with Crippen LogP contribution >= 0.6 is 27.7 Å². The molecule has 1 aromatic heterocycles. The lowest BCUT2D eigenvalue weighted by Crippen LogP contribution is -2.35. The number of carbonyl (C=O) groups excluding carboxylic acids is 1. The molecule has 3 rings (SSSR count). The summed E-state index contributed by atoms with van der Waals surface area (Å²) in [4.78, 5) is 16.6. The topological polar surface area (TPSA) is 79.4 Å². The maximum atomic E-state index is 12.6. The molecule has 150 valence electrons. The summed E-state index contributed by atoms with van der Waals surface area (Å²) in [5, 5.41) is 3.49. The second-order valence-electron chi connectivity index (χ2n) is 6.59. The molecule has 0 bridgehead atoms. The number of piperidine rings is 1. The Morgan fingerprint density at radius 1 is 1.21 bits per heavy atom. The predicted molar refractivity (Wildman–Crippen MR) is 115 cm³/mol. The predicted octanol–water partition coefficient (Wildman–Crippen LogP) is 4.06. The Morgan fingerprint density at radius 2 is 1.96 bits per heavy atom. The summed E-state index contributed by atoms with van der Waals surface area (Å²) >= 11 is 4.67. The standard InChI is InChI=1S/C19H22BrN3O3S2/c1-14-11-15(20)5-7-17(14)22-18(24)13-27-19-8-6-16(12-21-19)28(25,26)23-9-3-2-4-10-23/h5-8,11-12H,2-4,9-10,13H2,1H3,(H,22,24). The van der Waals surface area contributed by atoms with E-state index in [1.165, 1.54) is 22.3 Å². The molecular weight excluding hydrogens is 462 g/mol. The highest BCUT2D eigenvalue weighted by Crippen LogP contribution is 2.23. The number of aryl methyl sites for hydroxylation is 1. The summed E-state index contributed by atoms with van der Waals surface area (Å²) in [5.74, 6) is 0.0583. The van der Waals surface area contributed by atoms with Crippen molar-refractivity contribution in [2.75, 3.05) is 24.2 Å². The van der Waals surface area contributed by atoms with Crippen LogP contribution in [0, 0.1) is 6.92 Å². The molecule has 28 heavy (non-hydrogen) atoms. The third kappa shape index (κ3) is 5.34. The van der Waals surface area contributed by atoms with Gasteiger partial charge in [0, 0.05) is 29.4 Å². The van der Waals surface area contributed by atoms with Crippen molar-refractivity contribution in [1.29, 1.82) is 0 Å². The first-order chi connectivity index (χ1) is 13.4. The molecule has 1 aliphatic heterocycles. The quantitative estimate of drug-likeness (QED) is 0.626. The Morgan fingerprint density at radius 3 is 2.61 bits per heavy atom. The number of hydrogen-bond acceptors (Lipinski definition) is 5. The molecule has 0 unspecified atom stereocenters. The first-order valence-corrected chi connectivity index (χ1v) is 12.2. The van der Waals surface area contributed by atoms with Crippen molar-refractivity contribution in [2.24, 2.45) is 0 Å². The van der Waals surface area contributed by atoms with Crippen LogP contribution in [0.5, 0.6) is 0 Å². The van der Waals surface area contributed by atoms with Crippen molar-refractivity contribution >= 4 is 49.3 Å². The average Bonchev–Trinajstić information content (AvgIpc) is 2.69. The van der Waals surface area contributed by atoms with Crippen LogP contribution in [0.4, 0.5) is 5.69 Å². The van der Waals surface area contributed by atoms with E-state index in [9.17, 15) is 13.2 Å². The van der Waals surface area contributed by atoms with Crippen LogP contribution in [-0.4, -0.2) is 42.5 Å². The number of carbonyl (C=O) groups is 1. The smallest absolute Gasteiger partial charge is 0.244 e. The first kappa shape index (κ1) is 21.3. The molecular formula is C19H22BrN3O3S2. The monoisotopic (exact) mass is 483 g/mol. The van der Waals surface area contributed by atoms with Crippen molar-refractivity contribution in [2.45, 2.75) is 36.1 Å². The van der Waals surface area contributed by atoms with E-state index in [1.54, 1.807) is 12.1 Å². The molecule has 2 aromatic rings. The van der Waals surface area contributed by atoms with Gasteiger partial charge >= 0.3 is 0 Å². The molecule has 1 N–H and O–H groups in total. The summed E-state index contributed by atoms with van der Waals surface area (Å²) < 4.78 is 27.8. The van der Waals surface area contributed by atoms with Gasteiger partial charge in [-0.3, -0.25) is 4.79 Å². The van der Waals surface area contributed by atoms with Crippen LogP contribution in [0.25, 0.3) is 0 Å². The molecule has 1 fully saturated rings. The molecule has 6 nitrogen and oxygen atoms in total. The van der Waals surface area contributed by atoms with E-state index in [-0.39, 0.29) is 16.6 Å². The van der Waals surface area contributed by atoms with Crippen LogP contribution in [0.15, 0.2) is 50.9 Å². The normalized spacial score (nSPS) is 15.4. The highest BCUT2D eigenvalue weighted by atomic mass is 79.9. The van der Waals surface area contributed by atoms with Gasteiger partial charge in [-0.2, -0.15) is 4.31 Å². The van der Waals surface area contributed by atoms with Gasteiger partial charge in [0.05, 0.1) is 10.8 Å². The average molecular weight is 484 g/mol. The van der Waals surface area contributed by atoms with Gasteiger partial charge in [-0.1, -0.05) is 34.1 Å². The van der Waals surface area contributed by atoms with E-state index in [1.807, 2.05) is 25.1 Å². The van der Waals surface area contributed by atoms with E-state index in [4.69, 9.17) is 0 Å². The number of rotatable bonds is 6. The molecule has 2 heterocycles. The minimum Gasteiger partial charge on any atom is -0.325 e. The number of nitrogens with zero attached hydrogens (tertiary/aromatic N) is 2. The minimum absolute atomic E-state index is 0.137. The molecule has 0 saturated carbocycles. The third-order valence-corrected chi connectivity index (χ3v) is 7.79. The molecule has 1 aromatic carbocycles. The number of amides is 1. The highest BCUT2D eigenvalue weighted by molar-refractivity contribution is 9.10. The van der Waals surface area contributed by atoms with Crippen molar-refractivity contribution in [3.05, 3.63) is 46.6 Å². The van der Waals surface area contributed by atoms with Crippen LogP contribution < -0.4 is 5.32 Å². The molecule has 1 aliphatic rings. The van der Waals surface area contributed by atoms with Crippen LogP contribution in [0.3, 0.4) is 0 Å². The number of benzene rings is 1. The van der Waals surface area contributed by atoms with Crippen LogP contribution in [-0.2, 0) is 14.8 Å². The van der Waals surface area contributed by atoms with Gasteiger partial charge in [0.15, 0.2) is 0 Å². The summed E-state index contributed by atoms with van der Waals surface area (Å²) in [7, 11) is -3.48. The number of sulfonamides is 1. The molecule has 0 spiro atoms. The van der Waals surface area contributed by atoms with E-state index in [0.29, 0.717) is 18.1 Å². The minimum atomic E-state index is -3.48. The van der Waals surface area contributed by atoms with Crippen LogP contribution in [0.2, 0.25) is 0 Å². The van der Waals surface area contributed by atoms with Gasteiger partial charge in [-0.05, 0) is 55.7 Å². The lowest BCUT2D eigenvalue weighted by Gasteiger charge is -2.25. The van der Waals surface area contributed by atoms with E-state index in [0.717, 1.165) is 35.0 Å². The fraction of sp³-hybridized carbons (Fsp3) is 0.368. The first-order valence-electron chi connectivity index (χ1n) is 9.01. The fourth-order valence-electron chi connectivity index (χ4n) is 2.95. The van der Waals surface area contributed by atoms with Crippen molar-refractivity contribution < 1.29 is 13.2 Å². The molecule has 9 heteroatoms. The van der Waals surface area contributed by atoms with E-state index in [2.05, 4.69) is 26.2 Å². The summed E-state index contributed by atoms with van der Waals surface area (Å²) in [6, 6.07) is 8.88. The SMILES string of the molecule is Cc1cc(Br)ccc1NC(=O)CSc1ccc(S(=O)(=O)N2CCCCC2)cn1. The number of aromatic nitrogens is 1. The van der Waals surface area contributed by atoms with Crippen molar-refractivity contribution in [1.82, 2.24) is 9.29 Å².